The molecule has 0 aromatic carbocycles. The van der Waals surface area contributed by atoms with Gasteiger partial charge in [0.1, 0.15) is 5.76 Å². The largest absolute Gasteiger partial charge is 0.467 e. The van der Waals surface area contributed by atoms with Gasteiger partial charge in [-0.2, -0.15) is 0 Å². The van der Waals surface area contributed by atoms with Crippen molar-refractivity contribution in [1.29, 1.82) is 0 Å². The van der Waals surface area contributed by atoms with Crippen LogP contribution in [0.5, 0.6) is 0 Å². The number of amides is 1. The standard InChI is InChI=1S/C11H18N2O2/c1-11(2,12-3)10(14)13(4)8-9-6-5-7-15-9/h5-7,12H,8H2,1-4H3. The molecule has 0 bridgehead atoms. The summed E-state index contributed by atoms with van der Waals surface area (Å²) < 4.78 is 5.19. The van der Waals surface area contributed by atoms with Gasteiger partial charge in [0.25, 0.3) is 0 Å². The van der Waals surface area contributed by atoms with Gasteiger partial charge in [-0.25, -0.2) is 0 Å². The van der Waals surface area contributed by atoms with Gasteiger partial charge in [-0.1, -0.05) is 0 Å². The summed E-state index contributed by atoms with van der Waals surface area (Å²) in [6.45, 7) is 4.21. The first-order valence-corrected chi connectivity index (χ1v) is 4.94. The highest BCUT2D eigenvalue weighted by Gasteiger charge is 2.28. The third-order valence-corrected chi connectivity index (χ3v) is 2.48. The van der Waals surface area contributed by atoms with Crippen molar-refractivity contribution in [3.05, 3.63) is 24.2 Å². The van der Waals surface area contributed by atoms with Crippen molar-refractivity contribution in [2.24, 2.45) is 0 Å². The van der Waals surface area contributed by atoms with Crippen LogP contribution in [0.1, 0.15) is 19.6 Å². The highest BCUT2D eigenvalue weighted by molar-refractivity contribution is 5.85. The molecule has 0 saturated heterocycles. The smallest absolute Gasteiger partial charge is 0.242 e. The molecule has 0 saturated carbocycles. The number of carbonyl (C=O) groups excluding carboxylic acids is 1. The summed E-state index contributed by atoms with van der Waals surface area (Å²) in [7, 11) is 3.54. The maximum atomic E-state index is 11.9. The lowest BCUT2D eigenvalue weighted by Gasteiger charge is -2.28. The first-order chi connectivity index (χ1) is 6.97. The van der Waals surface area contributed by atoms with Gasteiger partial charge in [-0.3, -0.25) is 4.79 Å². The highest BCUT2D eigenvalue weighted by Crippen LogP contribution is 2.10. The average molecular weight is 210 g/mol. The molecule has 15 heavy (non-hydrogen) atoms. The van der Waals surface area contributed by atoms with E-state index < -0.39 is 5.54 Å². The number of likely N-dealkylation sites (N-methyl/N-ethyl adjacent to an activating group) is 2. The van der Waals surface area contributed by atoms with Gasteiger partial charge in [-0.05, 0) is 33.0 Å². The zero-order valence-electron chi connectivity index (χ0n) is 9.70. The van der Waals surface area contributed by atoms with E-state index in [9.17, 15) is 4.79 Å². The van der Waals surface area contributed by atoms with Crippen LogP contribution in [0.3, 0.4) is 0 Å². The van der Waals surface area contributed by atoms with Crippen molar-refractivity contribution in [2.75, 3.05) is 14.1 Å². The first kappa shape index (κ1) is 11.8. The molecule has 0 aliphatic heterocycles. The molecule has 0 radical (unpaired) electrons. The zero-order valence-corrected chi connectivity index (χ0v) is 9.70. The van der Waals surface area contributed by atoms with E-state index in [0.717, 1.165) is 5.76 Å². The fourth-order valence-corrected chi connectivity index (χ4v) is 1.29. The van der Waals surface area contributed by atoms with Crippen LogP contribution in [0.4, 0.5) is 0 Å². The van der Waals surface area contributed by atoms with E-state index in [1.807, 2.05) is 26.0 Å². The molecule has 0 atom stereocenters. The van der Waals surface area contributed by atoms with Gasteiger partial charge in [0.15, 0.2) is 0 Å². The van der Waals surface area contributed by atoms with Crippen LogP contribution in [0.25, 0.3) is 0 Å². The third-order valence-electron chi connectivity index (χ3n) is 2.48. The molecule has 4 heteroatoms. The molecule has 1 N–H and O–H groups in total. The van der Waals surface area contributed by atoms with E-state index in [4.69, 9.17) is 4.42 Å². The maximum absolute atomic E-state index is 11.9. The van der Waals surface area contributed by atoms with Crippen molar-refractivity contribution in [1.82, 2.24) is 10.2 Å². The molecule has 1 rings (SSSR count). The Balaban J connectivity index is 2.61. The van der Waals surface area contributed by atoms with Crippen LogP contribution in [0.15, 0.2) is 22.8 Å². The van der Waals surface area contributed by atoms with E-state index in [1.54, 1.807) is 25.3 Å². The Labute approximate surface area is 90.3 Å². The minimum Gasteiger partial charge on any atom is -0.467 e. The molecule has 4 nitrogen and oxygen atoms in total. The molecule has 84 valence electrons. The zero-order chi connectivity index (χ0) is 11.5. The van der Waals surface area contributed by atoms with Crippen LogP contribution >= 0.6 is 0 Å². The highest BCUT2D eigenvalue weighted by atomic mass is 16.3. The van der Waals surface area contributed by atoms with E-state index in [-0.39, 0.29) is 5.91 Å². The lowest BCUT2D eigenvalue weighted by Crippen LogP contribution is -2.51. The first-order valence-electron chi connectivity index (χ1n) is 4.94. The molecule has 1 aromatic rings. The van der Waals surface area contributed by atoms with Crippen molar-refractivity contribution in [3.63, 3.8) is 0 Å². The predicted octanol–water partition coefficient (Wildman–Crippen LogP) is 1.24. The third kappa shape index (κ3) is 2.83. The minimum atomic E-state index is -0.540. The molecule has 0 spiro atoms. The molecular formula is C11H18N2O2. The predicted molar refractivity (Wildman–Crippen MR) is 58.3 cm³/mol. The van der Waals surface area contributed by atoms with Crippen LogP contribution < -0.4 is 5.32 Å². The summed E-state index contributed by atoms with van der Waals surface area (Å²) >= 11 is 0. The Kier molecular flexibility index (Phi) is 3.52. The molecule has 0 unspecified atom stereocenters. The summed E-state index contributed by atoms with van der Waals surface area (Å²) in [5.41, 5.74) is -0.540. The van der Waals surface area contributed by atoms with E-state index >= 15 is 0 Å². The normalized spacial score (nSPS) is 11.5. The molecular weight excluding hydrogens is 192 g/mol. The van der Waals surface area contributed by atoms with Crippen LogP contribution in [-0.2, 0) is 11.3 Å². The Hall–Kier alpha value is -1.29. The lowest BCUT2D eigenvalue weighted by atomic mass is 10.0. The lowest BCUT2D eigenvalue weighted by molar-refractivity contribution is -0.136. The number of hydrogen-bond donors (Lipinski definition) is 1. The summed E-state index contributed by atoms with van der Waals surface area (Å²) in [4.78, 5) is 13.6. The Morgan fingerprint density at radius 3 is 2.73 bits per heavy atom. The van der Waals surface area contributed by atoms with Crippen molar-refractivity contribution < 1.29 is 9.21 Å². The Morgan fingerprint density at radius 1 is 1.60 bits per heavy atom. The van der Waals surface area contributed by atoms with Gasteiger partial charge in [0.2, 0.25) is 5.91 Å². The molecule has 1 aromatic heterocycles. The molecule has 1 heterocycles. The van der Waals surface area contributed by atoms with Gasteiger partial charge in [0, 0.05) is 7.05 Å². The topological polar surface area (TPSA) is 45.5 Å². The van der Waals surface area contributed by atoms with E-state index in [1.165, 1.54) is 0 Å². The van der Waals surface area contributed by atoms with Crippen LogP contribution in [0.2, 0.25) is 0 Å². The summed E-state index contributed by atoms with van der Waals surface area (Å²) in [6, 6.07) is 3.67. The monoisotopic (exact) mass is 210 g/mol. The number of carbonyl (C=O) groups is 1. The molecule has 0 aliphatic carbocycles. The molecule has 0 aliphatic rings. The summed E-state index contributed by atoms with van der Waals surface area (Å²) in [5, 5.41) is 2.98. The Morgan fingerprint density at radius 2 is 2.27 bits per heavy atom. The van der Waals surface area contributed by atoms with E-state index in [0.29, 0.717) is 6.54 Å². The van der Waals surface area contributed by atoms with Gasteiger partial charge in [-0.15, -0.1) is 0 Å². The quantitative estimate of drug-likeness (QED) is 0.813. The van der Waals surface area contributed by atoms with E-state index in [2.05, 4.69) is 5.32 Å². The second-order valence-corrected chi connectivity index (χ2v) is 4.12. The van der Waals surface area contributed by atoms with Crippen molar-refractivity contribution in [3.8, 4) is 0 Å². The second kappa shape index (κ2) is 4.49. The minimum absolute atomic E-state index is 0.0430. The SMILES string of the molecule is CNC(C)(C)C(=O)N(C)Cc1ccco1. The summed E-state index contributed by atoms with van der Waals surface area (Å²) in [6.07, 6.45) is 1.61. The maximum Gasteiger partial charge on any atom is 0.242 e. The van der Waals surface area contributed by atoms with Crippen LogP contribution in [0, 0.1) is 0 Å². The number of nitrogens with one attached hydrogen (secondary N) is 1. The second-order valence-electron chi connectivity index (χ2n) is 4.12. The molecule has 1 amide bonds. The number of hydrogen-bond acceptors (Lipinski definition) is 3. The number of rotatable bonds is 4. The summed E-state index contributed by atoms with van der Waals surface area (Å²) in [5.74, 6) is 0.833. The average Bonchev–Trinajstić information content (AvgIpc) is 2.69. The van der Waals surface area contributed by atoms with Crippen molar-refractivity contribution in [2.45, 2.75) is 25.9 Å². The van der Waals surface area contributed by atoms with Gasteiger partial charge in [0.05, 0.1) is 18.3 Å². The Bertz CT molecular complexity index is 317. The van der Waals surface area contributed by atoms with Gasteiger partial charge < -0.3 is 14.6 Å². The van der Waals surface area contributed by atoms with Gasteiger partial charge >= 0.3 is 0 Å². The fraction of sp³-hybridized carbons (Fsp3) is 0.545. The number of furan rings is 1. The van der Waals surface area contributed by atoms with Crippen LogP contribution in [-0.4, -0.2) is 30.4 Å². The molecule has 0 fully saturated rings. The van der Waals surface area contributed by atoms with Crippen molar-refractivity contribution >= 4 is 5.91 Å². The number of nitrogens with zero attached hydrogens (tertiary/aromatic N) is 1. The fourth-order valence-electron chi connectivity index (χ4n) is 1.29.